The molecule has 0 aromatic rings. The number of nitrogens with one attached hydrogen (secondary N) is 1. The van der Waals surface area contributed by atoms with Gasteiger partial charge in [-0.15, -0.1) is 0 Å². The molecule has 2 fully saturated rings. The van der Waals surface area contributed by atoms with Crippen molar-refractivity contribution in [3.63, 3.8) is 0 Å². The number of ether oxygens (including phenoxy) is 1. The van der Waals surface area contributed by atoms with Crippen molar-refractivity contribution >= 4 is 23.6 Å². The first kappa shape index (κ1) is 18.5. The molecule has 0 aliphatic carbocycles. The zero-order valence-electron chi connectivity index (χ0n) is 14.1. The van der Waals surface area contributed by atoms with Gasteiger partial charge in [0.05, 0.1) is 19.1 Å². The number of likely N-dealkylation sites (tertiary alicyclic amines) is 1. The van der Waals surface area contributed by atoms with Crippen LogP contribution in [0.1, 0.15) is 19.3 Å². The lowest BCUT2D eigenvalue weighted by molar-refractivity contribution is -0.138. The number of amides is 2. The Bertz CT molecular complexity index is 389. The quantitative estimate of drug-likeness (QED) is 0.648. The Balaban J connectivity index is 1.69. The van der Waals surface area contributed by atoms with Crippen molar-refractivity contribution < 1.29 is 14.3 Å². The number of hydrogen-bond acceptors (Lipinski definition) is 5. The summed E-state index contributed by atoms with van der Waals surface area (Å²) in [6.07, 6.45) is 4.18. The van der Waals surface area contributed by atoms with E-state index in [0.717, 1.165) is 51.6 Å². The lowest BCUT2D eigenvalue weighted by Crippen LogP contribution is -2.47. The van der Waals surface area contributed by atoms with Gasteiger partial charge in [0.1, 0.15) is 0 Å². The monoisotopic (exact) mass is 343 g/mol. The SMILES string of the molecule is CSCCNC(=O)[C@H]1CCC(=O)N(CCCN2CCOCC2)C1. The molecule has 0 radical (unpaired) electrons. The van der Waals surface area contributed by atoms with E-state index in [4.69, 9.17) is 4.74 Å². The maximum absolute atomic E-state index is 12.2. The molecule has 2 rings (SSSR count). The second-order valence-electron chi connectivity index (χ2n) is 6.17. The van der Waals surface area contributed by atoms with Crippen LogP contribution in [0.3, 0.4) is 0 Å². The minimum atomic E-state index is -0.0436. The fourth-order valence-corrected chi connectivity index (χ4v) is 3.38. The van der Waals surface area contributed by atoms with Gasteiger partial charge in [-0.1, -0.05) is 0 Å². The summed E-state index contributed by atoms with van der Waals surface area (Å²) in [5, 5.41) is 2.98. The third-order valence-electron chi connectivity index (χ3n) is 4.48. The zero-order valence-corrected chi connectivity index (χ0v) is 14.9. The molecule has 0 aromatic heterocycles. The normalized spacial score (nSPS) is 23.1. The number of carbonyl (C=O) groups excluding carboxylic acids is 2. The van der Waals surface area contributed by atoms with Gasteiger partial charge < -0.3 is 15.0 Å². The van der Waals surface area contributed by atoms with E-state index in [2.05, 4.69) is 10.2 Å². The number of nitrogens with zero attached hydrogens (tertiary/aromatic N) is 2. The van der Waals surface area contributed by atoms with Gasteiger partial charge in [0, 0.05) is 51.4 Å². The molecule has 0 unspecified atom stereocenters. The van der Waals surface area contributed by atoms with Gasteiger partial charge >= 0.3 is 0 Å². The molecule has 132 valence electrons. The lowest BCUT2D eigenvalue weighted by atomic mass is 9.96. The number of piperidine rings is 1. The molecule has 2 aliphatic rings. The predicted octanol–water partition coefficient (Wildman–Crippen LogP) is 0.427. The van der Waals surface area contributed by atoms with Crippen LogP contribution >= 0.6 is 11.8 Å². The maximum atomic E-state index is 12.2. The molecule has 0 bridgehead atoms. The van der Waals surface area contributed by atoms with E-state index in [0.29, 0.717) is 25.9 Å². The van der Waals surface area contributed by atoms with Gasteiger partial charge in [-0.05, 0) is 19.1 Å². The Labute approximate surface area is 143 Å². The summed E-state index contributed by atoms with van der Waals surface area (Å²) in [4.78, 5) is 28.5. The fourth-order valence-electron chi connectivity index (χ4n) is 3.08. The summed E-state index contributed by atoms with van der Waals surface area (Å²) >= 11 is 1.72. The van der Waals surface area contributed by atoms with Crippen LogP contribution in [0.25, 0.3) is 0 Å². The molecule has 0 aromatic carbocycles. The molecular formula is C16H29N3O3S. The molecule has 23 heavy (non-hydrogen) atoms. The predicted molar refractivity (Wildman–Crippen MR) is 92.6 cm³/mol. The first-order chi connectivity index (χ1) is 11.2. The lowest BCUT2D eigenvalue weighted by Gasteiger charge is -2.33. The Hall–Kier alpha value is -0.790. The summed E-state index contributed by atoms with van der Waals surface area (Å²) in [7, 11) is 0. The minimum Gasteiger partial charge on any atom is -0.379 e. The van der Waals surface area contributed by atoms with Crippen LogP contribution in [0, 0.1) is 5.92 Å². The number of morpholine rings is 1. The summed E-state index contributed by atoms with van der Waals surface area (Å²) in [5.41, 5.74) is 0. The van der Waals surface area contributed by atoms with Gasteiger partial charge in [-0.3, -0.25) is 14.5 Å². The van der Waals surface area contributed by atoms with E-state index in [1.54, 1.807) is 11.8 Å². The third-order valence-corrected chi connectivity index (χ3v) is 5.09. The van der Waals surface area contributed by atoms with E-state index in [9.17, 15) is 9.59 Å². The van der Waals surface area contributed by atoms with Crippen LogP contribution < -0.4 is 5.32 Å². The molecule has 6 nitrogen and oxygen atoms in total. The Morgan fingerprint density at radius 2 is 2.13 bits per heavy atom. The van der Waals surface area contributed by atoms with E-state index in [1.807, 2.05) is 11.2 Å². The minimum absolute atomic E-state index is 0.0436. The number of rotatable bonds is 8. The van der Waals surface area contributed by atoms with E-state index in [1.165, 1.54) is 0 Å². The molecule has 0 spiro atoms. The molecule has 2 amide bonds. The highest BCUT2D eigenvalue weighted by molar-refractivity contribution is 7.98. The Morgan fingerprint density at radius 3 is 2.87 bits per heavy atom. The van der Waals surface area contributed by atoms with Gasteiger partial charge in [-0.25, -0.2) is 0 Å². The summed E-state index contributed by atoms with van der Waals surface area (Å²) in [5.74, 6) is 1.18. The van der Waals surface area contributed by atoms with Crippen molar-refractivity contribution in [2.45, 2.75) is 19.3 Å². The topological polar surface area (TPSA) is 61.9 Å². The molecule has 0 saturated carbocycles. The second kappa shape index (κ2) is 10.2. The summed E-state index contributed by atoms with van der Waals surface area (Å²) < 4.78 is 5.34. The van der Waals surface area contributed by atoms with Crippen LogP contribution in [-0.2, 0) is 14.3 Å². The summed E-state index contributed by atoms with van der Waals surface area (Å²) in [6, 6.07) is 0. The maximum Gasteiger partial charge on any atom is 0.224 e. The van der Waals surface area contributed by atoms with E-state index >= 15 is 0 Å². The van der Waals surface area contributed by atoms with Gasteiger partial charge in [0.25, 0.3) is 0 Å². The van der Waals surface area contributed by atoms with Crippen molar-refractivity contribution in [3.8, 4) is 0 Å². The van der Waals surface area contributed by atoms with Crippen LogP contribution in [0.2, 0.25) is 0 Å². The molecule has 2 aliphatic heterocycles. The molecule has 2 heterocycles. The Kier molecular flexibility index (Phi) is 8.19. The standard InChI is InChI=1S/C16H29N3O3S/c1-23-12-5-17-16(21)14-3-4-15(20)19(13-14)7-2-6-18-8-10-22-11-9-18/h14H,2-13H2,1H3,(H,17,21)/t14-/m0/s1. The highest BCUT2D eigenvalue weighted by Gasteiger charge is 2.29. The van der Waals surface area contributed by atoms with Crippen LogP contribution in [0.4, 0.5) is 0 Å². The number of thioether (sulfide) groups is 1. The second-order valence-corrected chi connectivity index (χ2v) is 7.15. The van der Waals surface area contributed by atoms with Gasteiger partial charge in [-0.2, -0.15) is 11.8 Å². The summed E-state index contributed by atoms with van der Waals surface area (Å²) in [6.45, 7) is 6.61. The average molecular weight is 343 g/mol. The van der Waals surface area contributed by atoms with Gasteiger partial charge in [0.15, 0.2) is 0 Å². The molecule has 1 atom stereocenters. The first-order valence-electron chi connectivity index (χ1n) is 8.55. The zero-order chi connectivity index (χ0) is 16.5. The van der Waals surface area contributed by atoms with Crippen molar-refractivity contribution in [1.82, 2.24) is 15.1 Å². The van der Waals surface area contributed by atoms with Crippen molar-refractivity contribution in [3.05, 3.63) is 0 Å². The van der Waals surface area contributed by atoms with Crippen molar-refractivity contribution in [2.75, 3.05) is 64.5 Å². The largest absolute Gasteiger partial charge is 0.379 e. The molecule has 7 heteroatoms. The van der Waals surface area contributed by atoms with Crippen LogP contribution in [-0.4, -0.2) is 86.1 Å². The number of carbonyl (C=O) groups is 2. The van der Waals surface area contributed by atoms with Crippen LogP contribution in [0.5, 0.6) is 0 Å². The smallest absolute Gasteiger partial charge is 0.224 e. The van der Waals surface area contributed by atoms with Crippen molar-refractivity contribution in [2.24, 2.45) is 5.92 Å². The van der Waals surface area contributed by atoms with Gasteiger partial charge in [0.2, 0.25) is 11.8 Å². The van der Waals surface area contributed by atoms with Crippen molar-refractivity contribution in [1.29, 1.82) is 0 Å². The molecule has 2 saturated heterocycles. The van der Waals surface area contributed by atoms with E-state index in [-0.39, 0.29) is 17.7 Å². The fraction of sp³-hybridized carbons (Fsp3) is 0.875. The highest BCUT2D eigenvalue weighted by atomic mass is 32.2. The molecular weight excluding hydrogens is 314 g/mol. The van der Waals surface area contributed by atoms with E-state index < -0.39 is 0 Å². The Morgan fingerprint density at radius 1 is 1.35 bits per heavy atom. The number of hydrogen-bond donors (Lipinski definition) is 1. The average Bonchev–Trinajstić information content (AvgIpc) is 2.57. The first-order valence-corrected chi connectivity index (χ1v) is 9.94. The molecule has 1 N–H and O–H groups in total. The third kappa shape index (κ3) is 6.31. The van der Waals surface area contributed by atoms with Crippen LogP contribution in [0.15, 0.2) is 0 Å². The highest BCUT2D eigenvalue weighted by Crippen LogP contribution is 2.18.